The number of benzene rings is 1. The Bertz CT molecular complexity index is 1020. The largest absolute Gasteiger partial charge is 0.478 e. The molecule has 0 saturated carbocycles. The molecule has 1 aromatic carbocycles. The molecule has 2 nitrogen and oxygen atoms in total. The molecule has 0 aliphatic carbocycles. The number of carboxylic acid groups (broad SMARTS) is 1. The summed E-state index contributed by atoms with van der Waals surface area (Å²) >= 11 is 0. The van der Waals surface area contributed by atoms with Crippen molar-refractivity contribution in [2.45, 2.75) is 41.7 Å². The minimum absolute atomic E-state index is 3.38. The summed E-state index contributed by atoms with van der Waals surface area (Å²) in [7, 11) is 0. The number of hydrogen-bond donors (Lipinski definition) is 1. The van der Waals surface area contributed by atoms with Gasteiger partial charge in [-0.15, -0.1) is 0 Å². The van der Waals surface area contributed by atoms with Crippen LogP contribution in [0.5, 0.6) is 0 Å². The lowest BCUT2D eigenvalue weighted by Gasteiger charge is -2.41. The lowest BCUT2D eigenvalue weighted by atomic mass is 9.86. The summed E-state index contributed by atoms with van der Waals surface area (Å²) in [4.78, 5) is 10.7. The van der Waals surface area contributed by atoms with Crippen molar-refractivity contribution in [2.75, 3.05) is 0 Å². The fraction of sp³-hybridized carbons (Fsp3) is 0.500. The van der Waals surface area contributed by atoms with Gasteiger partial charge in [0.15, 0.2) is 23.3 Å². The lowest BCUT2D eigenvalue weighted by Crippen LogP contribution is -2.72. The standard InChI is InChI=1S/C14HF19O2/c15-3-1(7(34)35)2(4(16)6(18)5(3)17)8(19,20)9(21,22)10(23,24)11(25,26)12(27,28)13(29,30)14(31,32)33/h(H,34,35). The molecular weight excluding hydrogens is 561 g/mol. The predicted octanol–water partition coefficient (Wildman–Crippen LogP) is 6.77. The van der Waals surface area contributed by atoms with Crippen molar-refractivity contribution in [3.63, 3.8) is 0 Å². The summed E-state index contributed by atoms with van der Waals surface area (Å²) in [6.07, 6.45) is -7.90. The van der Waals surface area contributed by atoms with Gasteiger partial charge in [-0.3, -0.25) is 0 Å². The average Bonchev–Trinajstić information content (AvgIpc) is 2.66. The van der Waals surface area contributed by atoms with Crippen LogP contribution in [0.25, 0.3) is 0 Å². The summed E-state index contributed by atoms with van der Waals surface area (Å²) in [5.41, 5.74) is -7.70. The normalized spacial score (nSPS) is 14.9. The highest BCUT2D eigenvalue weighted by molar-refractivity contribution is 5.90. The molecule has 35 heavy (non-hydrogen) atoms. The van der Waals surface area contributed by atoms with Crippen LogP contribution in [-0.4, -0.2) is 46.9 Å². The third-order valence-electron chi connectivity index (χ3n) is 4.12. The van der Waals surface area contributed by atoms with E-state index in [9.17, 15) is 88.2 Å². The van der Waals surface area contributed by atoms with Crippen molar-refractivity contribution in [3.8, 4) is 0 Å². The van der Waals surface area contributed by atoms with Gasteiger partial charge in [-0.25, -0.2) is 22.4 Å². The number of alkyl halides is 15. The predicted molar refractivity (Wildman–Crippen MR) is 67.9 cm³/mol. The van der Waals surface area contributed by atoms with Gasteiger partial charge in [-0.2, -0.15) is 65.9 Å². The van der Waals surface area contributed by atoms with Gasteiger partial charge < -0.3 is 5.11 Å². The zero-order chi connectivity index (χ0) is 28.5. The first-order chi connectivity index (χ1) is 15.1. The van der Waals surface area contributed by atoms with Crippen molar-refractivity contribution in [1.82, 2.24) is 0 Å². The van der Waals surface area contributed by atoms with Crippen LogP contribution in [0.15, 0.2) is 0 Å². The van der Waals surface area contributed by atoms with Gasteiger partial charge in [-0.1, -0.05) is 0 Å². The van der Waals surface area contributed by atoms with E-state index in [4.69, 9.17) is 5.11 Å². The summed E-state index contributed by atoms with van der Waals surface area (Å²) in [6.45, 7) is 0. The molecule has 202 valence electrons. The maximum atomic E-state index is 14.1. The van der Waals surface area contributed by atoms with Crippen LogP contribution in [0.1, 0.15) is 15.9 Å². The molecule has 0 aromatic heterocycles. The number of hydrogen-bond acceptors (Lipinski definition) is 1. The number of carbonyl (C=O) groups is 1. The van der Waals surface area contributed by atoms with Crippen LogP contribution < -0.4 is 0 Å². The fourth-order valence-corrected chi connectivity index (χ4v) is 2.25. The molecule has 1 N–H and O–H groups in total. The Kier molecular flexibility index (Phi) is 6.89. The molecule has 1 rings (SSSR count). The molecule has 0 amide bonds. The third-order valence-corrected chi connectivity index (χ3v) is 4.12. The second-order valence-electron chi connectivity index (χ2n) is 6.26. The Morgan fingerprint density at radius 1 is 0.486 bits per heavy atom. The Hall–Kier alpha value is -2.64. The Balaban J connectivity index is 4.05. The molecule has 0 aliphatic heterocycles. The summed E-state index contributed by atoms with van der Waals surface area (Å²) < 4.78 is 251. The first-order valence-corrected chi connectivity index (χ1v) is 7.52. The fourth-order valence-electron chi connectivity index (χ4n) is 2.25. The molecule has 0 heterocycles. The zero-order valence-electron chi connectivity index (χ0n) is 15.0. The minimum Gasteiger partial charge on any atom is -0.478 e. The molecule has 0 fully saturated rings. The van der Waals surface area contributed by atoms with Crippen LogP contribution >= 0.6 is 0 Å². The van der Waals surface area contributed by atoms with Gasteiger partial charge >= 0.3 is 47.7 Å². The van der Waals surface area contributed by atoms with E-state index in [1.807, 2.05) is 0 Å². The van der Waals surface area contributed by atoms with E-state index < -0.39 is 82.1 Å². The smallest absolute Gasteiger partial charge is 0.460 e. The molecule has 21 heteroatoms. The van der Waals surface area contributed by atoms with Gasteiger partial charge in [0.2, 0.25) is 0 Å². The molecule has 0 saturated heterocycles. The molecule has 0 radical (unpaired) electrons. The van der Waals surface area contributed by atoms with Gasteiger partial charge in [0.1, 0.15) is 5.56 Å². The highest BCUT2D eigenvalue weighted by atomic mass is 19.4. The van der Waals surface area contributed by atoms with Gasteiger partial charge in [0.25, 0.3) is 0 Å². The van der Waals surface area contributed by atoms with E-state index in [-0.39, 0.29) is 0 Å². The Morgan fingerprint density at radius 2 is 0.800 bits per heavy atom. The van der Waals surface area contributed by atoms with Gasteiger partial charge in [-0.05, 0) is 0 Å². The number of aromatic carboxylic acids is 1. The first kappa shape index (κ1) is 30.4. The van der Waals surface area contributed by atoms with Crippen LogP contribution in [0.2, 0.25) is 0 Å². The van der Waals surface area contributed by atoms with Crippen LogP contribution in [0.4, 0.5) is 83.4 Å². The number of halogens is 19. The quantitative estimate of drug-likeness (QED) is 0.226. The van der Waals surface area contributed by atoms with Crippen LogP contribution in [0.3, 0.4) is 0 Å². The topological polar surface area (TPSA) is 37.3 Å². The highest BCUT2D eigenvalue weighted by Gasteiger charge is 2.93. The summed E-state index contributed by atoms with van der Waals surface area (Å²) in [6, 6.07) is 0. The van der Waals surface area contributed by atoms with Crippen LogP contribution in [-0.2, 0) is 5.92 Å². The molecular formula is C14HF19O2. The van der Waals surface area contributed by atoms with Crippen LogP contribution in [0, 0.1) is 23.3 Å². The maximum absolute atomic E-state index is 14.1. The average molecular weight is 562 g/mol. The highest BCUT2D eigenvalue weighted by Crippen LogP contribution is 2.64. The second kappa shape index (κ2) is 7.93. The number of carboxylic acids is 1. The lowest BCUT2D eigenvalue weighted by molar-refractivity contribution is -0.453. The summed E-state index contributed by atoms with van der Waals surface area (Å²) in [5.74, 6) is -69.1. The maximum Gasteiger partial charge on any atom is 0.460 e. The van der Waals surface area contributed by atoms with Crippen molar-refractivity contribution in [2.24, 2.45) is 0 Å². The molecule has 1 aromatic rings. The van der Waals surface area contributed by atoms with E-state index in [1.54, 1.807) is 0 Å². The van der Waals surface area contributed by atoms with Crippen molar-refractivity contribution < 1.29 is 93.3 Å². The molecule has 0 atom stereocenters. The molecule has 0 spiro atoms. The van der Waals surface area contributed by atoms with Crippen molar-refractivity contribution in [3.05, 3.63) is 34.4 Å². The molecule has 0 aliphatic rings. The monoisotopic (exact) mass is 562 g/mol. The Labute approximate surface area is 176 Å². The second-order valence-corrected chi connectivity index (χ2v) is 6.26. The van der Waals surface area contributed by atoms with E-state index >= 15 is 0 Å². The van der Waals surface area contributed by atoms with Gasteiger partial charge in [0.05, 0.1) is 5.56 Å². The first-order valence-electron chi connectivity index (χ1n) is 7.52. The zero-order valence-corrected chi connectivity index (χ0v) is 15.0. The number of rotatable bonds is 7. The van der Waals surface area contributed by atoms with Crippen molar-refractivity contribution in [1.29, 1.82) is 0 Å². The van der Waals surface area contributed by atoms with E-state index in [1.165, 1.54) is 0 Å². The van der Waals surface area contributed by atoms with E-state index in [2.05, 4.69) is 0 Å². The van der Waals surface area contributed by atoms with Crippen molar-refractivity contribution >= 4 is 5.97 Å². The molecule has 0 unspecified atom stereocenters. The summed E-state index contributed by atoms with van der Waals surface area (Å²) in [5, 5.41) is 8.45. The van der Waals surface area contributed by atoms with E-state index in [0.717, 1.165) is 0 Å². The minimum atomic E-state index is -8.83. The van der Waals surface area contributed by atoms with Gasteiger partial charge in [0, 0.05) is 0 Å². The van der Waals surface area contributed by atoms with E-state index in [0.29, 0.717) is 0 Å². The molecule has 0 bridgehead atoms. The SMILES string of the molecule is O=C(O)c1c(F)c(F)c(F)c(F)c1C(F)(F)C(F)(F)C(F)(F)C(F)(F)C(F)(F)C(F)(F)C(F)(F)F. The third kappa shape index (κ3) is 3.71. The Morgan fingerprint density at radius 3 is 1.14 bits per heavy atom.